The number of carboxylic acids is 1. The van der Waals surface area contributed by atoms with Crippen LogP contribution in [0.15, 0.2) is 16.6 Å². The second-order valence-corrected chi connectivity index (χ2v) is 5.50. The van der Waals surface area contributed by atoms with Crippen molar-refractivity contribution >= 4 is 21.9 Å². The van der Waals surface area contributed by atoms with Crippen molar-refractivity contribution in [3.63, 3.8) is 0 Å². The Hall–Kier alpha value is -1.41. The first-order chi connectivity index (χ1) is 10.3. The molecule has 1 aromatic rings. The van der Waals surface area contributed by atoms with Gasteiger partial charge in [-0.1, -0.05) is 0 Å². The van der Waals surface area contributed by atoms with Crippen LogP contribution in [0, 0.1) is 0 Å². The van der Waals surface area contributed by atoms with Crippen LogP contribution in [-0.4, -0.2) is 42.3 Å². The van der Waals surface area contributed by atoms with Crippen LogP contribution in [0.25, 0.3) is 0 Å². The monoisotopic (exact) mass is 381 g/mol. The van der Waals surface area contributed by atoms with Crippen molar-refractivity contribution in [1.29, 1.82) is 0 Å². The van der Waals surface area contributed by atoms with Crippen molar-refractivity contribution in [2.45, 2.75) is 33.0 Å². The Morgan fingerprint density at radius 3 is 2.59 bits per heavy atom. The maximum absolute atomic E-state index is 12.5. The number of likely N-dealkylation sites (N-methyl/N-ethyl adjacent to an activating group) is 1. The molecule has 0 radical (unpaired) electrons. The van der Waals surface area contributed by atoms with E-state index in [2.05, 4.69) is 20.7 Å². The van der Waals surface area contributed by atoms with Gasteiger partial charge in [0.25, 0.3) is 0 Å². The van der Waals surface area contributed by atoms with Crippen LogP contribution in [0.5, 0.6) is 11.5 Å². The number of carboxylic acid groups (broad SMARTS) is 1. The van der Waals surface area contributed by atoms with Crippen LogP contribution < -0.4 is 9.47 Å². The number of aliphatic carboxylic acids is 1. The Kier molecular flexibility index (Phi) is 7.02. The molecular weight excluding hydrogens is 364 g/mol. The van der Waals surface area contributed by atoms with Crippen LogP contribution >= 0.6 is 15.9 Å². The number of halogens is 3. The predicted octanol–water partition coefficient (Wildman–Crippen LogP) is 3.35. The van der Waals surface area contributed by atoms with Gasteiger partial charge in [0.15, 0.2) is 11.5 Å². The largest absolute Gasteiger partial charge is 0.490 e. The van der Waals surface area contributed by atoms with Crippen molar-refractivity contribution in [3.8, 4) is 11.5 Å². The molecule has 0 aromatic heterocycles. The van der Waals surface area contributed by atoms with E-state index in [1.54, 1.807) is 37.9 Å². The van der Waals surface area contributed by atoms with Crippen molar-refractivity contribution in [2.24, 2.45) is 0 Å². The molecule has 0 saturated carbocycles. The highest BCUT2D eigenvalue weighted by Crippen LogP contribution is 2.38. The number of carbonyl (C=O) groups is 1. The Labute approximate surface area is 135 Å². The number of ether oxygens (including phenoxy) is 2. The average Bonchev–Trinajstić information content (AvgIpc) is 2.41. The molecule has 0 amide bonds. The van der Waals surface area contributed by atoms with Gasteiger partial charge in [-0.3, -0.25) is 9.69 Å². The highest BCUT2D eigenvalue weighted by atomic mass is 79.9. The van der Waals surface area contributed by atoms with Crippen molar-refractivity contribution in [3.05, 3.63) is 22.2 Å². The summed E-state index contributed by atoms with van der Waals surface area (Å²) in [5.41, 5.74) is 0.715. The van der Waals surface area contributed by atoms with Crippen LogP contribution in [-0.2, 0) is 11.3 Å². The van der Waals surface area contributed by atoms with E-state index in [0.29, 0.717) is 16.6 Å². The third kappa shape index (κ3) is 5.10. The molecule has 1 unspecified atom stereocenters. The molecule has 124 valence electrons. The highest BCUT2D eigenvalue weighted by molar-refractivity contribution is 9.10. The first kappa shape index (κ1) is 18.6. The third-order valence-corrected chi connectivity index (χ3v) is 3.62. The Bertz CT molecular complexity index is 528. The minimum Gasteiger partial charge on any atom is -0.490 e. The maximum Gasteiger partial charge on any atom is 0.387 e. The lowest BCUT2D eigenvalue weighted by Crippen LogP contribution is -2.35. The zero-order valence-corrected chi connectivity index (χ0v) is 14.1. The summed E-state index contributed by atoms with van der Waals surface area (Å²) in [5, 5.41) is 8.99. The predicted molar refractivity (Wildman–Crippen MR) is 80.5 cm³/mol. The fourth-order valence-corrected chi connectivity index (χ4v) is 2.38. The van der Waals surface area contributed by atoms with Gasteiger partial charge in [-0.15, -0.1) is 0 Å². The molecule has 22 heavy (non-hydrogen) atoms. The number of nitrogens with zero attached hydrogens (tertiary/aromatic N) is 1. The summed E-state index contributed by atoms with van der Waals surface area (Å²) in [4.78, 5) is 12.6. The molecule has 1 N–H and O–H groups in total. The standard InChI is InChI=1S/C14H18BrF2NO4/c1-4-21-11-6-9(7-18(3)8(2)13(19)20)5-10(15)12(11)22-14(16)17/h5-6,8,14H,4,7H2,1-3H3,(H,19,20). The van der Waals surface area contributed by atoms with Crippen LogP contribution in [0.3, 0.4) is 0 Å². The van der Waals surface area contributed by atoms with Crippen LogP contribution in [0.2, 0.25) is 0 Å². The summed E-state index contributed by atoms with van der Waals surface area (Å²) >= 11 is 3.18. The van der Waals surface area contributed by atoms with Crippen molar-refractivity contribution in [1.82, 2.24) is 4.90 Å². The van der Waals surface area contributed by atoms with E-state index in [1.807, 2.05) is 0 Å². The summed E-state index contributed by atoms with van der Waals surface area (Å²) in [6.45, 7) is 0.939. The van der Waals surface area contributed by atoms with E-state index in [0.717, 1.165) is 0 Å². The lowest BCUT2D eigenvalue weighted by Gasteiger charge is -2.22. The number of rotatable bonds is 8. The molecule has 1 atom stereocenters. The molecule has 1 aromatic carbocycles. The fourth-order valence-electron chi connectivity index (χ4n) is 1.79. The lowest BCUT2D eigenvalue weighted by molar-refractivity contribution is -0.142. The second-order valence-electron chi connectivity index (χ2n) is 4.65. The molecule has 0 aliphatic heterocycles. The topological polar surface area (TPSA) is 59.0 Å². The average molecular weight is 382 g/mol. The molecule has 0 bridgehead atoms. The number of benzene rings is 1. The van der Waals surface area contributed by atoms with E-state index in [9.17, 15) is 13.6 Å². The fraction of sp³-hybridized carbons (Fsp3) is 0.500. The smallest absolute Gasteiger partial charge is 0.387 e. The summed E-state index contributed by atoms with van der Waals surface area (Å²) in [7, 11) is 1.66. The number of alkyl halides is 2. The Morgan fingerprint density at radius 2 is 2.09 bits per heavy atom. The van der Waals surface area contributed by atoms with Gasteiger partial charge < -0.3 is 14.6 Å². The molecule has 1 rings (SSSR count). The molecule has 0 fully saturated rings. The van der Waals surface area contributed by atoms with E-state index >= 15 is 0 Å². The van der Waals surface area contributed by atoms with Gasteiger partial charge in [-0.2, -0.15) is 8.78 Å². The molecule has 0 spiro atoms. The molecule has 5 nitrogen and oxygen atoms in total. The summed E-state index contributed by atoms with van der Waals surface area (Å²) in [6.07, 6.45) is 0. The minimum atomic E-state index is -2.96. The van der Waals surface area contributed by atoms with Gasteiger partial charge in [0.1, 0.15) is 6.04 Å². The third-order valence-electron chi connectivity index (χ3n) is 3.03. The van der Waals surface area contributed by atoms with Gasteiger partial charge in [0.05, 0.1) is 11.1 Å². The van der Waals surface area contributed by atoms with Gasteiger partial charge >= 0.3 is 12.6 Å². The van der Waals surface area contributed by atoms with Crippen molar-refractivity contribution < 1.29 is 28.2 Å². The van der Waals surface area contributed by atoms with E-state index in [-0.39, 0.29) is 18.1 Å². The molecule has 0 heterocycles. The van der Waals surface area contributed by atoms with Gasteiger partial charge in [0.2, 0.25) is 0 Å². The first-order valence-corrected chi connectivity index (χ1v) is 7.38. The zero-order valence-electron chi connectivity index (χ0n) is 12.5. The SMILES string of the molecule is CCOc1cc(CN(C)C(C)C(=O)O)cc(Br)c1OC(F)F. The summed E-state index contributed by atoms with van der Waals surface area (Å²) < 4.78 is 35.0. The van der Waals surface area contributed by atoms with Gasteiger partial charge in [0, 0.05) is 6.54 Å². The summed E-state index contributed by atoms with van der Waals surface area (Å²) in [6, 6.07) is 2.49. The lowest BCUT2D eigenvalue weighted by atomic mass is 10.1. The highest BCUT2D eigenvalue weighted by Gasteiger charge is 2.20. The van der Waals surface area contributed by atoms with Crippen LogP contribution in [0.4, 0.5) is 8.78 Å². The second kappa shape index (κ2) is 8.28. The summed E-state index contributed by atoms with van der Waals surface area (Å²) in [5.74, 6) is -0.831. The minimum absolute atomic E-state index is 0.0745. The van der Waals surface area contributed by atoms with Gasteiger partial charge in [-0.25, -0.2) is 0 Å². The Balaban J connectivity index is 3.05. The molecule has 0 aliphatic rings. The number of hydrogen-bond acceptors (Lipinski definition) is 4. The van der Waals surface area contributed by atoms with Crippen molar-refractivity contribution in [2.75, 3.05) is 13.7 Å². The molecule has 0 aliphatic carbocycles. The van der Waals surface area contributed by atoms with Gasteiger partial charge in [-0.05, 0) is 54.5 Å². The van der Waals surface area contributed by atoms with E-state index < -0.39 is 18.6 Å². The maximum atomic E-state index is 12.5. The van der Waals surface area contributed by atoms with E-state index in [4.69, 9.17) is 9.84 Å². The number of hydrogen-bond donors (Lipinski definition) is 1. The zero-order chi connectivity index (χ0) is 16.9. The molecular formula is C14H18BrF2NO4. The molecule has 0 saturated heterocycles. The normalized spacial score (nSPS) is 12.5. The first-order valence-electron chi connectivity index (χ1n) is 6.59. The molecule has 8 heteroatoms. The van der Waals surface area contributed by atoms with Crippen LogP contribution in [0.1, 0.15) is 19.4 Å². The Morgan fingerprint density at radius 1 is 1.45 bits per heavy atom. The van der Waals surface area contributed by atoms with E-state index in [1.165, 1.54) is 0 Å². The quantitative estimate of drug-likeness (QED) is 0.747.